The van der Waals surface area contributed by atoms with Crippen molar-refractivity contribution in [3.8, 4) is 0 Å². The van der Waals surface area contributed by atoms with Gasteiger partial charge in [0.25, 0.3) is 5.91 Å². The van der Waals surface area contributed by atoms with Gasteiger partial charge in [0.1, 0.15) is 0 Å². The van der Waals surface area contributed by atoms with E-state index in [4.69, 9.17) is 0 Å². The highest BCUT2D eigenvalue weighted by molar-refractivity contribution is 7.89. The highest BCUT2D eigenvalue weighted by Gasteiger charge is 2.22. The molecule has 1 N–H and O–H groups in total. The van der Waals surface area contributed by atoms with E-state index in [9.17, 15) is 13.2 Å². The molecule has 6 heteroatoms. The summed E-state index contributed by atoms with van der Waals surface area (Å²) in [5.41, 5.74) is 1.09. The molecule has 0 spiro atoms. The van der Waals surface area contributed by atoms with Crippen molar-refractivity contribution in [2.75, 3.05) is 12.4 Å². The zero-order valence-electron chi connectivity index (χ0n) is 13.4. The van der Waals surface area contributed by atoms with E-state index in [0.29, 0.717) is 11.3 Å². The summed E-state index contributed by atoms with van der Waals surface area (Å²) in [5, 5.41) is 2.74. The Kier molecular flexibility index (Phi) is 5.18. The molecule has 0 aliphatic rings. The van der Waals surface area contributed by atoms with Gasteiger partial charge in [-0.25, -0.2) is 8.42 Å². The van der Waals surface area contributed by atoms with Crippen molar-refractivity contribution in [2.24, 2.45) is 0 Å². The Morgan fingerprint density at radius 2 is 1.57 bits per heavy atom. The first kappa shape index (κ1) is 17.2. The van der Waals surface area contributed by atoms with Crippen molar-refractivity contribution < 1.29 is 13.2 Å². The lowest BCUT2D eigenvalue weighted by Gasteiger charge is -2.21. The number of benzene rings is 2. The minimum Gasteiger partial charge on any atom is -0.322 e. The zero-order chi connectivity index (χ0) is 17.0. The smallest absolute Gasteiger partial charge is 0.255 e. The Morgan fingerprint density at radius 3 is 2.09 bits per heavy atom. The molecule has 0 atom stereocenters. The Bertz CT molecular complexity index is 769. The van der Waals surface area contributed by atoms with Gasteiger partial charge in [-0.2, -0.15) is 4.31 Å². The first-order valence-corrected chi connectivity index (χ1v) is 8.71. The third kappa shape index (κ3) is 3.97. The molecular weight excluding hydrogens is 312 g/mol. The predicted octanol–water partition coefficient (Wildman–Crippen LogP) is 2.97. The largest absolute Gasteiger partial charge is 0.322 e. The number of carbonyl (C=O) groups excluding carboxylic acids is 1. The summed E-state index contributed by atoms with van der Waals surface area (Å²) >= 11 is 0. The van der Waals surface area contributed by atoms with Crippen LogP contribution in [0.4, 0.5) is 5.69 Å². The fraction of sp³-hybridized carbons (Fsp3) is 0.235. The molecule has 0 aliphatic carbocycles. The third-order valence-corrected chi connectivity index (χ3v) is 5.60. The van der Waals surface area contributed by atoms with Crippen LogP contribution in [-0.2, 0) is 10.0 Å². The molecule has 23 heavy (non-hydrogen) atoms. The lowest BCUT2D eigenvalue weighted by Crippen LogP contribution is -2.33. The summed E-state index contributed by atoms with van der Waals surface area (Å²) in [5.74, 6) is -0.236. The first-order valence-electron chi connectivity index (χ1n) is 7.27. The van der Waals surface area contributed by atoms with E-state index >= 15 is 0 Å². The summed E-state index contributed by atoms with van der Waals surface area (Å²) < 4.78 is 26.0. The zero-order valence-corrected chi connectivity index (χ0v) is 14.2. The molecule has 0 fully saturated rings. The standard InChI is InChI=1S/C17H20N2O3S/c1-13(2)19(3)23(21,22)16-11-9-15(10-12-16)18-17(20)14-7-5-4-6-8-14/h4-13H,1-3H3,(H,18,20). The Hall–Kier alpha value is -2.18. The summed E-state index contributed by atoms with van der Waals surface area (Å²) in [7, 11) is -1.97. The van der Waals surface area contributed by atoms with Gasteiger partial charge in [0, 0.05) is 24.3 Å². The average molecular weight is 332 g/mol. The van der Waals surface area contributed by atoms with Gasteiger partial charge in [-0.1, -0.05) is 18.2 Å². The van der Waals surface area contributed by atoms with Crippen LogP contribution in [0.25, 0.3) is 0 Å². The van der Waals surface area contributed by atoms with Crippen LogP contribution in [0.3, 0.4) is 0 Å². The van der Waals surface area contributed by atoms with Gasteiger partial charge in [0.15, 0.2) is 0 Å². The molecule has 5 nitrogen and oxygen atoms in total. The van der Waals surface area contributed by atoms with Gasteiger partial charge in [-0.15, -0.1) is 0 Å². The Labute approximate surface area is 137 Å². The molecule has 0 saturated heterocycles. The third-order valence-electron chi connectivity index (χ3n) is 3.55. The highest BCUT2D eigenvalue weighted by atomic mass is 32.2. The molecule has 2 aromatic carbocycles. The van der Waals surface area contributed by atoms with Crippen molar-refractivity contribution >= 4 is 21.6 Å². The van der Waals surface area contributed by atoms with Crippen LogP contribution in [0.2, 0.25) is 0 Å². The molecule has 0 heterocycles. The minimum absolute atomic E-state index is 0.127. The minimum atomic E-state index is -3.52. The normalized spacial score (nSPS) is 11.7. The van der Waals surface area contributed by atoms with Crippen LogP contribution in [0.1, 0.15) is 24.2 Å². The van der Waals surface area contributed by atoms with E-state index in [1.54, 1.807) is 43.4 Å². The van der Waals surface area contributed by atoms with Gasteiger partial charge in [-0.3, -0.25) is 4.79 Å². The molecule has 0 radical (unpaired) electrons. The number of carbonyl (C=O) groups is 1. The van der Waals surface area contributed by atoms with E-state index in [1.807, 2.05) is 19.9 Å². The number of nitrogens with zero attached hydrogens (tertiary/aromatic N) is 1. The van der Waals surface area contributed by atoms with E-state index < -0.39 is 10.0 Å². The molecule has 0 bridgehead atoms. The molecular formula is C17H20N2O3S. The molecule has 122 valence electrons. The highest BCUT2D eigenvalue weighted by Crippen LogP contribution is 2.19. The maximum atomic E-state index is 12.4. The van der Waals surface area contributed by atoms with Gasteiger partial charge >= 0.3 is 0 Å². The van der Waals surface area contributed by atoms with Crippen molar-refractivity contribution in [2.45, 2.75) is 24.8 Å². The van der Waals surface area contributed by atoms with E-state index in [2.05, 4.69) is 5.32 Å². The molecule has 0 saturated carbocycles. The maximum Gasteiger partial charge on any atom is 0.255 e. The lowest BCUT2D eigenvalue weighted by molar-refractivity contribution is 0.102. The second kappa shape index (κ2) is 6.93. The second-order valence-electron chi connectivity index (χ2n) is 5.46. The Balaban J connectivity index is 2.16. The summed E-state index contributed by atoms with van der Waals surface area (Å²) in [4.78, 5) is 12.3. The van der Waals surface area contributed by atoms with Gasteiger partial charge in [-0.05, 0) is 50.2 Å². The quantitative estimate of drug-likeness (QED) is 0.915. The first-order chi connectivity index (χ1) is 10.8. The lowest BCUT2D eigenvalue weighted by atomic mass is 10.2. The van der Waals surface area contributed by atoms with E-state index in [-0.39, 0.29) is 16.8 Å². The van der Waals surface area contributed by atoms with Crippen LogP contribution < -0.4 is 5.32 Å². The van der Waals surface area contributed by atoms with Crippen molar-refractivity contribution in [1.82, 2.24) is 4.31 Å². The number of nitrogens with one attached hydrogen (secondary N) is 1. The van der Waals surface area contributed by atoms with Crippen LogP contribution in [-0.4, -0.2) is 31.7 Å². The van der Waals surface area contributed by atoms with Crippen LogP contribution >= 0.6 is 0 Å². The van der Waals surface area contributed by atoms with E-state index in [0.717, 1.165) is 0 Å². The average Bonchev–Trinajstić information content (AvgIpc) is 2.55. The maximum absolute atomic E-state index is 12.4. The van der Waals surface area contributed by atoms with Crippen LogP contribution in [0.15, 0.2) is 59.5 Å². The van der Waals surface area contributed by atoms with Gasteiger partial charge < -0.3 is 5.32 Å². The summed E-state index contributed by atoms with van der Waals surface area (Å²) in [6.07, 6.45) is 0. The molecule has 0 aliphatic heterocycles. The van der Waals surface area contributed by atoms with Crippen molar-refractivity contribution in [3.63, 3.8) is 0 Å². The summed E-state index contributed by atoms with van der Waals surface area (Å²) in [6, 6.07) is 14.9. The number of rotatable bonds is 5. The number of amides is 1. The fourth-order valence-electron chi connectivity index (χ4n) is 1.95. The molecule has 0 aromatic heterocycles. The number of hydrogen-bond donors (Lipinski definition) is 1. The van der Waals surface area contributed by atoms with Crippen molar-refractivity contribution in [1.29, 1.82) is 0 Å². The molecule has 0 unspecified atom stereocenters. The molecule has 2 rings (SSSR count). The van der Waals surface area contributed by atoms with Crippen molar-refractivity contribution in [3.05, 3.63) is 60.2 Å². The van der Waals surface area contributed by atoms with Crippen LogP contribution in [0, 0.1) is 0 Å². The van der Waals surface area contributed by atoms with Crippen LogP contribution in [0.5, 0.6) is 0 Å². The van der Waals surface area contributed by atoms with E-state index in [1.165, 1.54) is 16.4 Å². The SMILES string of the molecule is CC(C)N(C)S(=O)(=O)c1ccc(NC(=O)c2ccccc2)cc1. The second-order valence-corrected chi connectivity index (χ2v) is 7.46. The number of sulfonamides is 1. The molecule has 1 amide bonds. The number of hydrogen-bond acceptors (Lipinski definition) is 3. The van der Waals surface area contributed by atoms with Gasteiger partial charge in [0.05, 0.1) is 4.90 Å². The summed E-state index contributed by atoms with van der Waals surface area (Å²) in [6.45, 7) is 3.62. The number of anilines is 1. The monoisotopic (exact) mass is 332 g/mol. The fourth-order valence-corrected chi connectivity index (χ4v) is 3.31. The molecule has 2 aromatic rings. The topological polar surface area (TPSA) is 66.5 Å². The predicted molar refractivity (Wildman–Crippen MR) is 90.9 cm³/mol. The Morgan fingerprint density at radius 1 is 1.00 bits per heavy atom. The van der Waals surface area contributed by atoms with Gasteiger partial charge in [0.2, 0.25) is 10.0 Å².